The Labute approximate surface area is 93.5 Å². The molecule has 8 heteroatoms. The quantitative estimate of drug-likeness (QED) is 0.709. The predicted octanol–water partition coefficient (Wildman–Crippen LogP) is 0.961. The van der Waals surface area contributed by atoms with Gasteiger partial charge in [-0.1, -0.05) is 11.3 Å². The third kappa shape index (κ3) is 1.27. The van der Waals surface area contributed by atoms with Crippen LogP contribution in [0.25, 0.3) is 16.4 Å². The van der Waals surface area contributed by atoms with Gasteiger partial charge in [-0.05, 0) is 21.8 Å². The lowest BCUT2D eigenvalue weighted by Gasteiger charge is -1.98. The van der Waals surface area contributed by atoms with Crippen LogP contribution in [0.5, 0.6) is 0 Å². The molecule has 0 atom stereocenters. The normalized spacial score (nSPS) is 10.8. The highest BCUT2D eigenvalue weighted by Gasteiger charge is 2.15. The summed E-state index contributed by atoms with van der Waals surface area (Å²) in [6, 6.07) is 3.91. The summed E-state index contributed by atoms with van der Waals surface area (Å²) in [7, 11) is 0. The van der Waals surface area contributed by atoms with E-state index in [1.165, 1.54) is 4.68 Å². The Morgan fingerprint density at radius 2 is 2.31 bits per heavy atom. The highest BCUT2D eigenvalue weighted by molar-refractivity contribution is 7.13. The predicted molar refractivity (Wildman–Crippen MR) is 56.9 cm³/mol. The van der Waals surface area contributed by atoms with Gasteiger partial charge in [0.05, 0.1) is 11.1 Å². The molecule has 0 saturated heterocycles. The van der Waals surface area contributed by atoms with E-state index in [1.807, 2.05) is 17.5 Å². The van der Waals surface area contributed by atoms with Crippen LogP contribution in [0.3, 0.4) is 0 Å². The number of nitrogen functional groups attached to an aromatic ring is 1. The Balaban J connectivity index is 2.17. The second-order valence-electron chi connectivity index (χ2n) is 2.98. The van der Waals surface area contributed by atoms with Gasteiger partial charge in [0.1, 0.15) is 5.69 Å². The highest BCUT2D eigenvalue weighted by atomic mass is 32.1. The summed E-state index contributed by atoms with van der Waals surface area (Å²) in [5.41, 5.74) is 6.40. The standard InChI is InChI=1S/C8H6N6OS/c9-7-8(12-15-11-7)14-5(4-10-13-14)6-2-1-3-16-6/h1-4H,(H2,9,11). The van der Waals surface area contributed by atoms with Gasteiger partial charge in [-0.3, -0.25) is 0 Å². The zero-order chi connectivity index (χ0) is 11.0. The molecule has 3 heterocycles. The summed E-state index contributed by atoms with van der Waals surface area (Å²) < 4.78 is 6.03. The molecular weight excluding hydrogens is 228 g/mol. The Morgan fingerprint density at radius 1 is 1.38 bits per heavy atom. The number of hydrogen-bond acceptors (Lipinski definition) is 7. The molecule has 7 nitrogen and oxygen atoms in total. The van der Waals surface area contributed by atoms with E-state index in [-0.39, 0.29) is 5.82 Å². The van der Waals surface area contributed by atoms with Crippen LogP contribution in [0.15, 0.2) is 28.3 Å². The van der Waals surface area contributed by atoms with Crippen molar-refractivity contribution in [3.8, 4) is 16.4 Å². The average molecular weight is 234 g/mol. The molecule has 0 spiro atoms. The molecule has 0 aliphatic rings. The molecule has 0 bridgehead atoms. The van der Waals surface area contributed by atoms with Gasteiger partial charge in [-0.2, -0.15) is 4.68 Å². The third-order valence-electron chi connectivity index (χ3n) is 2.02. The lowest BCUT2D eigenvalue weighted by atomic mass is 10.3. The van der Waals surface area contributed by atoms with Gasteiger partial charge in [-0.25, -0.2) is 4.63 Å². The molecule has 0 aliphatic heterocycles. The Kier molecular flexibility index (Phi) is 1.93. The Bertz CT molecular complexity index is 598. The molecule has 0 fully saturated rings. The van der Waals surface area contributed by atoms with Crippen LogP contribution in [0.4, 0.5) is 5.82 Å². The van der Waals surface area contributed by atoms with Gasteiger partial charge in [0, 0.05) is 0 Å². The van der Waals surface area contributed by atoms with Gasteiger partial charge >= 0.3 is 0 Å². The van der Waals surface area contributed by atoms with Gasteiger partial charge in [0.25, 0.3) is 0 Å². The molecule has 0 radical (unpaired) electrons. The number of aromatic nitrogens is 5. The maximum absolute atomic E-state index is 5.60. The van der Waals surface area contributed by atoms with Gasteiger partial charge in [0.2, 0.25) is 11.6 Å². The van der Waals surface area contributed by atoms with Crippen molar-refractivity contribution < 1.29 is 4.63 Å². The van der Waals surface area contributed by atoms with Crippen molar-refractivity contribution in [1.82, 2.24) is 25.3 Å². The van der Waals surface area contributed by atoms with E-state index in [0.29, 0.717) is 5.82 Å². The van der Waals surface area contributed by atoms with E-state index in [1.54, 1.807) is 17.5 Å². The van der Waals surface area contributed by atoms with Crippen molar-refractivity contribution in [2.24, 2.45) is 0 Å². The van der Waals surface area contributed by atoms with Crippen LogP contribution in [0.1, 0.15) is 0 Å². The van der Waals surface area contributed by atoms with E-state index in [4.69, 9.17) is 5.73 Å². The van der Waals surface area contributed by atoms with Crippen molar-refractivity contribution in [1.29, 1.82) is 0 Å². The van der Waals surface area contributed by atoms with Crippen molar-refractivity contribution >= 4 is 17.2 Å². The fraction of sp³-hybridized carbons (Fsp3) is 0. The molecule has 0 saturated carbocycles. The lowest BCUT2D eigenvalue weighted by Crippen LogP contribution is -2.02. The van der Waals surface area contributed by atoms with Crippen molar-refractivity contribution in [3.05, 3.63) is 23.7 Å². The number of nitrogens with zero attached hydrogens (tertiary/aromatic N) is 5. The van der Waals surface area contributed by atoms with E-state index in [9.17, 15) is 0 Å². The molecule has 80 valence electrons. The zero-order valence-corrected chi connectivity index (χ0v) is 8.76. The topological polar surface area (TPSA) is 95.7 Å². The summed E-state index contributed by atoms with van der Waals surface area (Å²) >= 11 is 1.58. The molecule has 16 heavy (non-hydrogen) atoms. The maximum Gasteiger partial charge on any atom is 0.243 e. The third-order valence-corrected chi connectivity index (χ3v) is 2.91. The van der Waals surface area contributed by atoms with E-state index >= 15 is 0 Å². The fourth-order valence-electron chi connectivity index (χ4n) is 1.32. The lowest BCUT2D eigenvalue weighted by molar-refractivity contribution is 0.307. The summed E-state index contributed by atoms with van der Waals surface area (Å²) in [4.78, 5) is 1.02. The first-order valence-corrected chi connectivity index (χ1v) is 5.27. The van der Waals surface area contributed by atoms with Crippen LogP contribution in [-0.4, -0.2) is 25.3 Å². The van der Waals surface area contributed by atoms with Crippen molar-refractivity contribution in [2.75, 3.05) is 5.73 Å². The number of thiophene rings is 1. The second kappa shape index (κ2) is 3.42. The zero-order valence-electron chi connectivity index (χ0n) is 7.94. The monoisotopic (exact) mass is 234 g/mol. The highest BCUT2D eigenvalue weighted by Crippen LogP contribution is 2.26. The molecule has 0 aliphatic carbocycles. The second-order valence-corrected chi connectivity index (χ2v) is 3.93. The molecule has 3 aromatic heterocycles. The van der Waals surface area contributed by atoms with Crippen molar-refractivity contribution in [2.45, 2.75) is 0 Å². The number of hydrogen-bond donors (Lipinski definition) is 1. The molecular formula is C8H6N6OS. The minimum absolute atomic E-state index is 0.184. The molecule has 0 unspecified atom stereocenters. The minimum Gasteiger partial charge on any atom is -0.378 e. The van der Waals surface area contributed by atoms with Crippen LogP contribution >= 0.6 is 11.3 Å². The first-order valence-electron chi connectivity index (χ1n) is 4.39. The molecule has 2 N–H and O–H groups in total. The van der Waals surface area contributed by atoms with Crippen LogP contribution in [0, 0.1) is 0 Å². The summed E-state index contributed by atoms with van der Waals surface area (Å²) in [5.74, 6) is 0.532. The van der Waals surface area contributed by atoms with Crippen LogP contribution in [0.2, 0.25) is 0 Å². The van der Waals surface area contributed by atoms with E-state index in [2.05, 4.69) is 25.3 Å². The first kappa shape index (κ1) is 9.04. The first-order chi connectivity index (χ1) is 7.86. The van der Waals surface area contributed by atoms with Gasteiger partial charge < -0.3 is 5.73 Å². The largest absolute Gasteiger partial charge is 0.378 e. The van der Waals surface area contributed by atoms with Gasteiger partial charge in [0.15, 0.2) is 0 Å². The molecule has 3 aromatic rings. The number of rotatable bonds is 2. The van der Waals surface area contributed by atoms with Gasteiger partial charge in [-0.15, -0.1) is 16.4 Å². The molecule has 0 amide bonds. The fourth-order valence-corrected chi connectivity index (χ4v) is 2.04. The smallest absolute Gasteiger partial charge is 0.243 e. The van der Waals surface area contributed by atoms with E-state index < -0.39 is 0 Å². The van der Waals surface area contributed by atoms with E-state index in [0.717, 1.165) is 10.6 Å². The Hall–Kier alpha value is -2.22. The number of nitrogens with two attached hydrogens (primary N) is 1. The molecule has 0 aromatic carbocycles. The maximum atomic E-state index is 5.60. The summed E-state index contributed by atoms with van der Waals surface area (Å²) in [6.45, 7) is 0. The average Bonchev–Trinajstić information content (AvgIpc) is 2.95. The molecule has 3 rings (SSSR count). The summed E-state index contributed by atoms with van der Waals surface area (Å²) in [6.07, 6.45) is 1.64. The van der Waals surface area contributed by atoms with Crippen LogP contribution < -0.4 is 5.73 Å². The number of anilines is 1. The summed E-state index contributed by atoms with van der Waals surface area (Å²) in [5, 5.41) is 16.9. The SMILES string of the molecule is Nc1nonc1-n1nncc1-c1cccs1. The minimum atomic E-state index is 0.184. The van der Waals surface area contributed by atoms with Crippen molar-refractivity contribution in [3.63, 3.8) is 0 Å². The Morgan fingerprint density at radius 3 is 3.00 bits per heavy atom. The van der Waals surface area contributed by atoms with Crippen LogP contribution in [-0.2, 0) is 0 Å².